The van der Waals surface area contributed by atoms with E-state index in [9.17, 15) is 18.0 Å². The van der Waals surface area contributed by atoms with Gasteiger partial charge in [0.2, 0.25) is 0 Å². The first-order chi connectivity index (χ1) is 11.7. The maximum Gasteiger partial charge on any atom is 0.435 e. The summed E-state index contributed by atoms with van der Waals surface area (Å²) < 4.78 is 38.8. The van der Waals surface area contributed by atoms with Crippen molar-refractivity contribution in [2.75, 3.05) is 6.54 Å². The third kappa shape index (κ3) is 3.72. The fourth-order valence-electron chi connectivity index (χ4n) is 2.66. The molecule has 3 rings (SSSR count). The first kappa shape index (κ1) is 17.9. The second kappa shape index (κ2) is 6.46. The van der Waals surface area contributed by atoms with E-state index in [1.165, 1.54) is 0 Å². The standard InChI is InChI=1S/C16H12Cl2F3N3O/c17-9-1-2-10(11(18)7-9)15(3-4-15)8-24-14(25)12-13(16(19,20)21)23-6-5-22-12/h1-2,5-7H,3-4,8H2,(H,24,25). The van der Waals surface area contributed by atoms with Gasteiger partial charge in [-0.1, -0.05) is 29.3 Å². The number of amides is 1. The first-order valence-electron chi connectivity index (χ1n) is 7.35. The zero-order valence-electron chi connectivity index (χ0n) is 12.7. The van der Waals surface area contributed by atoms with Crippen LogP contribution in [0.5, 0.6) is 0 Å². The molecule has 1 fully saturated rings. The molecule has 1 N–H and O–H groups in total. The molecule has 4 nitrogen and oxygen atoms in total. The van der Waals surface area contributed by atoms with Crippen LogP contribution < -0.4 is 5.32 Å². The number of nitrogens with one attached hydrogen (secondary N) is 1. The number of nitrogens with zero attached hydrogens (tertiary/aromatic N) is 2. The third-order valence-electron chi connectivity index (χ3n) is 4.13. The summed E-state index contributed by atoms with van der Waals surface area (Å²) in [6.45, 7) is 0.154. The molecule has 1 saturated carbocycles. The number of carbonyl (C=O) groups excluding carboxylic acids is 1. The number of hydrogen-bond donors (Lipinski definition) is 1. The minimum absolute atomic E-state index is 0.154. The van der Waals surface area contributed by atoms with Crippen molar-refractivity contribution in [3.05, 3.63) is 57.6 Å². The second-order valence-corrected chi connectivity index (χ2v) is 6.68. The van der Waals surface area contributed by atoms with Gasteiger partial charge in [-0.05, 0) is 30.5 Å². The largest absolute Gasteiger partial charge is 0.435 e. The van der Waals surface area contributed by atoms with E-state index in [1.807, 2.05) is 0 Å². The normalized spacial score (nSPS) is 15.7. The molecule has 2 aromatic rings. The van der Waals surface area contributed by atoms with Gasteiger partial charge in [0, 0.05) is 34.4 Å². The van der Waals surface area contributed by atoms with Crippen LogP contribution in [-0.4, -0.2) is 22.4 Å². The molecular formula is C16H12Cl2F3N3O. The van der Waals surface area contributed by atoms with Gasteiger partial charge >= 0.3 is 6.18 Å². The molecule has 0 unspecified atom stereocenters. The highest BCUT2D eigenvalue weighted by Crippen LogP contribution is 2.50. The number of hydrogen-bond acceptors (Lipinski definition) is 3. The van der Waals surface area contributed by atoms with Crippen molar-refractivity contribution in [3.8, 4) is 0 Å². The molecule has 0 bridgehead atoms. The molecule has 1 aromatic carbocycles. The fraction of sp³-hybridized carbons (Fsp3) is 0.312. The van der Waals surface area contributed by atoms with Crippen molar-refractivity contribution in [2.45, 2.75) is 24.4 Å². The number of alkyl halides is 3. The van der Waals surface area contributed by atoms with Crippen molar-refractivity contribution < 1.29 is 18.0 Å². The Morgan fingerprint density at radius 2 is 1.88 bits per heavy atom. The van der Waals surface area contributed by atoms with Crippen LogP contribution in [0.1, 0.15) is 34.6 Å². The monoisotopic (exact) mass is 389 g/mol. The molecule has 0 aliphatic heterocycles. The lowest BCUT2D eigenvalue weighted by molar-refractivity contribution is -0.141. The van der Waals surface area contributed by atoms with Gasteiger partial charge in [-0.25, -0.2) is 9.97 Å². The summed E-state index contributed by atoms with van der Waals surface area (Å²) in [6, 6.07) is 5.06. The molecule has 25 heavy (non-hydrogen) atoms. The van der Waals surface area contributed by atoms with Gasteiger partial charge in [0.1, 0.15) is 0 Å². The summed E-state index contributed by atoms with van der Waals surface area (Å²) in [5, 5.41) is 3.48. The van der Waals surface area contributed by atoms with Crippen LogP contribution in [0.2, 0.25) is 10.0 Å². The van der Waals surface area contributed by atoms with Gasteiger partial charge in [-0.3, -0.25) is 4.79 Å². The first-order valence-corrected chi connectivity index (χ1v) is 8.10. The fourth-order valence-corrected chi connectivity index (χ4v) is 3.27. The number of carbonyl (C=O) groups is 1. The van der Waals surface area contributed by atoms with E-state index in [1.54, 1.807) is 18.2 Å². The quantitative estimate of drug-likeness (QED) is 0.849. The molecule has 1 aromatic heterocycles. The van der Waals surface area contributed by atoms with Gasteiger partial charge in [-0.15, -0.1) is 0 Å². The molecule has 0 spiro atoms. The lowest BCUT2D eigenvalue weighted by atomic mass is 9.95. The summed E-state index contributed by atoms with van der Waals surface area (Å²) in [5.41, 5.74) is -1.62. The van der Waals surface area contributed by atoms with Crippen molar-refractivity contribution in [2.24, 2.45) is 0 Å². The van der Waals surface area contributed by atoms with E-state index in [2.05, 4.69) is 15.3 Å². The maximum absolute atomic E-state index is 12.9. The molecule has 9 heteroatoms. The summed E-state index contributed by atoms with van der Waals surface area (Å²) in [6.07, 6.45) is -1.28. The molecule has 0 radical (unpaired) electrons. The van der Waals surface area contributed by atoms with Crippen molar-refractivity contribution in [1.82, 2.24) is 15.3 Å². The summed E-state index contributed by atoms with van der Waals surface area (Å²) in [5.74, 6) is -0.920. The van der Waals surface area contributed by atoms with Crippen molar-refractivity contribution >= 4 is 29.1 Å². The molecule has 0 atom stereocenters. The van der Waals surface area contributed by atoms with Crippen molar-refractivity contribution in [3.63, 3.8) is 0 Å². The zero-order chi connectivity index (χ0) is 18.2. The third-order valence-corrected chi connectivity index (χ3v) is 4.67. The Balaban J connectivity index is 1.77. The Morgan fingerprint density at radius 1 is 1.20 bits per heavy atom. The molecular weight excluding hydrogens is 378 g/mol. The van der Waals surface area contributed by atoms with Gasteiger partial charge in [0.25, 0.3) is 5.91 Å². The SMILES string of the molecule is O=C(NCC1(c2ccc(Cl)cc2Cl)CC1)c1nccnc1C(F)(F)F. The lowest BCUT2D eigenvalue weighted by Gasteiger charge is -2.18. The Kier molecular flexibility index (Phi) is 4.64. The Labute approximate surface area is 151 Å². The van der Waals surface area contributed by atoms with Crippen LogP contribution in [0.4, 0.5) is 13.2 Å². The molecule has 1 aliphatic rings. The van der Waals surface area contributed by atoms with Crippen LogP contribution in [-0.2, 0) is 11.6 Å². The Morgan fingerprint density at radius 3 is 2.48 bits per heavy atom. The average molecular weight is 390 g/mol. The highest BCUT2D eigenvalue weighted by Gasteiger charge is 2.46. The summed E-state index contributed by atoms with van der Waals surface area (Å²) in [7, 11) is 0. The Hall–Kier alpha value is -1.86. The van der Waals surface area contributed by atoms with Gasteiger partial charge < -0.3 is 5.32 Å². The number of halogens is 5. The van der Waals surface area contributed by atoms with Gasteiger partial charge in [-0.2, -0.15) is 13.2 Å². The predicted molar refractivity (Wildman–Crippen MR) is 86.7 cm³/mol. The van der Waals surface area contributed by atoms with E-state index in [-0.39, 0.29) is 6.54 Å². The van der Waals surface area contributed by atoms with Gasteiger partial charge in [0.05, 0.1) is 0 Å². The van der Waals surface area contributed by atoms with Crippen LogP contribution in [0.15, 0.2) is 30.6 Å². The van der Waals surface area contributed by atoms with E-state index in [4.69, 9.17) is 23.2 Å². The Bertz CT molecular complexity index is 823. The van der Waals surface area contributed by atoms with Crippen LogP contribution in [0.25, 0.3) is 0 Å². The van der Waals surface area contributed by atoms with E-state index in [0.717, 1.165) is 30.8 Å². The molecule has 132 valence electrons. The van der Waals surface area contributed by atoms with Crippen LogP contribution in [0.3, 0.4) is 0 Å². The lowest BCUT2D eigenvalue weighted by Crippen LogP contribution is -2.34. The number of benzene rings is 1. The molecule has 1 amide bonds. The number of rotatable bonds is 4. The molecule has 1 aliphatic carbocycles. The van der Waals surface area contributed by atoms with E-state index in [0.29, 0.717) is 10.0 Å². The second-order valence-electron chi connectivity index (χ2n) is 5.84. The van der Waals surface area contributed by atoms with E-state index >= 15 is 0 Å². The predicted octanol–water partition coefficient (Wildman–Crippen LogP) is 4.26. The summed E-state index contributed by atoms with van der Waals surface area (Å²) >= 11 is 12.1. The maximum atomic E-state index is 12.9. The number of aromatic nitrogens is 2. The van der Waals surface area contributed by atoms with Crippen LogP contribution in [0, 0.1) is 0 Å². The minimum atomic E-state index is -4.75. The smallest absolute Gasteiger partial charge is 0.350 e. The molecule has 1 heterocycles. The average Bonchev–Trinajstić information content (AvgIpc) is 3.32. The van der Waals surface area contributed by atoms with Crippen LogP contribution >= 0.6 is 23.2 Å². The van der Waals surface area contributed by atoms with E-state index < -0.39 is 28.9 Å². The minimum Gasteiger partial charge on any atom is -0.350 e. The van der Waals surface area contributed by atoms with Crippen molar-refractivity contribution in [1.29, 1.82) is 0 Å². The van der Waals surface area contributed by atoms with Gasteiger partial charge in [0.15, 0.2) is 11.4 Å². The highest BCUT2D eigenvalue weighted by atomic mass is 35.5. The zero-order valence-corrected chi connectivity index (χ0v) is 14.2. The topological polar surface area (TPSA) is 54.9 Å². The highest BCUT2D eigenvalue weighted by molar-refractivity contribution is 6.35. The summed E-state index contributed by atoms with van der Waals surface area (Å²) in [4.78, 5) is 18.9. The molecule has 0 saturated heterocycles.